The number of nitrogens with one attached hydrogen (secondary N) is 1. The maximum atomic E-state index is 5.69. The number of anilines is 1. The fourth-order valence-corrected chi connectivity index (χ4v) is 1.59. The van der Waals surface area contributed by atoms with E-state index in [4.69, 9.17) is 9.47 Å². The Hall–Kier alpha value is 0.832. The number of ether oxygens (including phenoxy) is 2. The summed E-state index contributed by atoms with van der Waals surface area (Å²) < 4.78 is 11.1. The first-order valence-electron chi connectivity index (χ1n) is 5.21. The first-order chi connectivity index (χ1) is 7.28. The molecule has 0 radical (unpaired) electrons. The molecule has 4 heteroatoms. The molecule has 0 aliphatic carbocycles. The predicted molar refractivity (Wildman–Crippen MR) is 59.6 cm³/mol. The molecule has 1 unspecified atom stereocenters. The molecule has 2 atom stereocenters. The van der Waals surface area contributed by atoms with E-state index in [1.54, 1.807) is 0 Å². The second-order valence-corrected chi connectivity index (χ2v) is 3.81. The van der Waals surface area contributed by atoms with Gasteiger partial charge in [0.2, 0.25) is 0 Å². The van der Waals surface area contributed by atoms with E-state index in [9.17, 15) is 0 Å². The Balaban J connectivity index is 0.00000128. The summed E-state index contributed by atoms with van der Waals surface area (Å²) in [4.78, 5) is 0. The first-order valence-corrected chi connectivity index (χ1v) is 5.21. The van der Waals surface area contributed by atoms with Gasteiger partial charge in [0.1, 0.15) is 5.75 Å². The molecule has 16 heavy (non-hydrogen) atoms. The van der Waals surface area contributed by atoms with Gasteiger partial charge >= 0.3 is 68.9 Å². The molecule has 1 heterocycles. The van der Waals surface area contributed by atoms with Crippen LogP contribution >= 0.6 is 0 Å². The van der Waals surface area contributed by atoms with Gasteiger partial charge in [-0.1, -0.05) is 13.0 Å². The van der Waals surface area contributed by atoms with Crippen molar-refractivity contribution in [2.45, 2.75) is 19.6 Å². The van der Waals surface area contributed by atoms with Crippen LogP contribution in [0.15, 0.2) is 24.3 Å². The van der Waals surface area contributed by atoms with E-state index in [1.807, 2.05) is 37.9 Å². The summed E-state index contributed by atoms with van der Waals surface area (Å²) in [5.74, 6) is 1.32. The van der Waals surface area contributed by atoms with Crippen LogP contribution in [0, 0.1) is 12.5 Å². The Morgan fingerprint density at radius 2 is 2.31 bits per heavy atom. The van der Waals surface area contributed by atoms with Crippen molar-refractivity contribution in [3.8, 4) is 5.75 Å². The minimum absolute atomic E-state index is 0. The average molecular weight is 339 g/mol. The van der Waals surface area contributed by atoms with Gasteiger partial charge in [-0.25, -0.2) is 6.61 Å². The van der Waals surface area contributed by atoms with E-state index < -0.39 is 0 Å². The number of benzene rings is 1. The monoisotopic (exact) mass is 339 g/mol. The summed E-state index contributed by atoms with van der Waals surface area (Å²) in [6.07, 6.45) is 0.788. The summed E-state index contributed by atoms with van der Waals surface area (Å²) in [7, 11) is 1.89. The van der Waals surface area contributed by atoms with E-state index >= 15 is 0 Å². The predicted octanol–water partition coefficient (Wildman–Crippen LogP) is -0.345. The van der Waals surface area contributed by atoms with Crippen LogP contribution in [0.2, 0.25) is 0 Å². The Labute approximate surface area is 156 Å². The summed E-state index contributed by atoms with van der Waals surface area (Å²) in [5, 5.41) is 3.07. The second-order valence-electron chi connectivity index (χ2n) is 3.81. The average Bonchev–Trinajstić information content (AvgIpc) is 2.64. The van der Waals surface area contributed by atoms with Gasteiger partial charge in [-0.15, -0.1) is 5.92 Å². The van der Waals surface area contributed by atoms with Gasteiger partial charge in [-0.2, -0.15) is 0 Å². The number of hydrogen-bond donors (Lipinski definition) is 1. The van der Waals surface area contributed by atoms with E-state index in [0.29, 0.717) is 5.92 Å². The summed E-state index contributed by atoms with van der Waals surface area (Å²) >= 11 is 0. The van der Waals surface area contributed by atoms with Crippen molar-refractivity contribution >= 4 is 5.69 Å². The molecule has 82 valence electrons. The molecular weight excluding hydrogens is 323 g/mol. The van der Waals surface area contributed by atoms with Gasteiger partial charge in [-0.3, -0.25) is 0 Å². The molecule has 1 N–H and O–H groups in total. The van der Waals surface area contributed by atoms with Crippen molar-refractivity contribution in [1.82, 2.24) is 0 Å². The zero-order valence-corrected chi connectivity index (χ0v) is 16.3. The van der Waals surface area contributed by atoms with E-state index in [-0.39, 0.29) is 75.2 Å². The van der Waals surface area contributed by atoms with Crippen LogP contribution in [0.25, 0.3) is 0 Å². The van der Waals surface area contributed by atoms with Gasteiger partial charge in [0.05, 0.1) is 0 Å². The molecule has 1 aliphatic rings. The van der Waals surface area contributed by atoms with Crippen molar-refractivity contribution in [3.63, 3.8) is 0 Å². The first kappa shape index (κ1) is 14.9. The fourth-order valence-electron chi connectivity index (χ4n) is 1.59. The quantitative estimate of drug-likeness (QED) is 0.765. The second kappa shape index (κ2) is 7.31. The molecule has 2 rings (SSSR count). The molecule has 1 saturated heterocycles. The molecule has 3 nitrogen and oxygen atoms in total. The van der Waals surface area contributed by atoms with Gasteiger partial charge < -0.3 is 14.8 Å². The molecule has 1 fully saturated rings. The van der Waals surface area contributed by atoms with Crippen LogP contribution in [0.4, 0.5) is 5.69 Å². The Morgan fingerprint density at radius 3 is 2.94 bits per heavy atom. The Morgan fingerprint density at radius 1 is 1.50 bits per heavy atom. The maximum Gasteiger partial charge on any atom is 1.00 e. The molecule has 0 amide bonds. The van der Waals surface area contributed by atoms with E-state index in [1.165, 1.54) is 0 Å². The Kier molecular flexibility index (Phi) is 6.80. The maximum absolute atomic E-state index is 5.69. The Bertz CT molecular complexity index is 333. The van der Waals surface area contributed by atoms with Gasteiger partial charge in [-0.05, 0) is 18.6 Å². The third kappa shape index (κ3) is 4.25. The SMILES string of the molecule is CNc1cccc(OC2C[C@@H](C)[CH-]O2)c1.[Cs+]. The number of hydrogen-bond acceptors (Lipinski definition) is 3. The zero-order valence-electron chi connectivity index (χ0n) is 10.1. The molecule has 0 aromatic heterocycles. The molecule has 1 aromatic rings. The molecule has 1 aromatic carbocycles. The van der Waals surface area contributed by atoms with Crippen molar-refractivity contribution in [1.29, 1.82) is 0 Å². The third-order valence-electron chi connectivity index (χ3n) is 2.42. The summed E-state index contributed by atoms with van der Waals surface area (Å²) in [5.41, 5.74) is 1.04. The van der Waals surface area contributed by atoms with Crippen LogP contribution in [0.3, 0.4) is 0 Å². The van der Waals surface area contributed by atoms with Crippen molar-refractivity contribution in [3.05, 3.63) is 30.9 Å². The zero-order chi connectivity index (χ0) is 10.7. The minimum Gasteiger partial charge on any atom is -0.520 e. The van der Waals surface area contributed by atoms with E-state index in [2.05, 4.69) is 12.2 Å². The van der Waals surface area contributed by atoms with Crippen molar-refractivity contribution < 1.29 is 78.4 Å². The van der Waals surface area contributed by atoms with Crippen LogP contribution in [-0.4, -0.2) is 13.3 Å². The van der Waals surface area contributed by atoms with E-state index in [0.717, 1.165) is 17.9 Å². The molecule has 0 bridgehead atoms. The van der Waals surface area contributed by atoms with Crippen molar-refractivity contribution in [2.24, 2.45) is 5.92 Å². The minimum atomic E-state index is -0.132. The molecular formula is C12H16CsNO2. The van der Waals surface area contributed by atoms with Crippen LogP contribution in [-0.2, 0) is 4.74 Å². The fraction of sp³-hybridized carbons (Fsp3) is 0.417. The number of rotatable bonds is 3. The summed E-state index contributed by atoms with van der Waals surface area (Å²) in [6.45, 7) is 3.96. The van der Waals surface area contributed by atoms with Gasteiger partial charge in [0, 0.05) is 18.8 Å². The topological polar surface area (TPSA) is 30.5 Å². The largest absolute Gasteiger partial charge is 1.00 e. The smallest absolute Gasteiger partial charge is 0.520 e. The molecule has 0 saturated carbocycles. The normalized spacial score (nSPS) is 23.6. The standard InChI is InChI=1S/C12H16NO2.Cs/c1-9-6-12(14-8-9)15-11-5-3-4-10(7-11)13-2;/h3-5,7-9,12-13H,6H2,1-2H3;/q-1;+1/t9-,12?;/m1./s1. The van der Waals surface area contributed by atoms with Crippen LogP contribution in [0.5, 0.6) is 5.75 Å². The van der Waals surface area contributed by atoms with Crippen molar-refractivity contribution in [2.75, 3.05) is 12.4 Å². The van der Waals surface area contributed by atoms with Gasteiger partial charge in [0.15, 0.2) is 6.29 Å². The summed E-state index contributed by atoms with van der Waals surface area (Å²) in [6, 6.07) is 7.86. The van der Waals surface area contributed by atoms with Crippen LogP contribution < -0.4 is 78.9 Å². The van der Waals surface area contributed by atoms with Crippen LogP contribution in [0.1, 0.15) is 13.3 Å². The van der Waals surface area contributed by atoms with Gasteiger partial charge in [0.25, 0.3) is 0 Å². The molecule has 0 spiro atoms. The third-order valence-corrected chi connectivity index (χ3v) is 2.42. The molecule has 1 aliphatic heterocycles.